The molecule has 0 bridgehead atoms. The second-order valence-electron chi connectivity index (χ2n) is 6.16. The smallest absolute Gasteiger partial charge is 0.450 e. The normalized spacial score (nSPS) is 16.4. The van der Waals surface area contributed by atoms with Crippen LogP contribution in [0.15, 0.2) is 0 Å². The maximum absolute atomic E-state index is 12.2. The minimum absolute atomic E-state index is 0.264. The molecular formula is C18H37NO7Si. The van der Waals surface area contributed by atoms with E-state index >= 15 is 0 Å². The maximum Gasteiger partial charge on any atom is 0.500 e. The third-order valence-corrected chi connectivity index (χ3v) is 7.10. The van der Waals surface area contributed by atoms with E-state index in [1.54, 1.807) is 4.90 Å². The highest BCUT2D eigenvalue weighted by molar-refractivity contribution is 6.60. The number of amides is 1. The molecule has 0 radical (unpaired) electrons. The molecule has 0 aromatic heterocycles. The summed E-state index contributed by atoms with van der Waals surface area (Å²) >= 11 is 0. The Morgan fingerprint density at radius 2 is 1.59 bits per heavy atom. The lowest BCUT2D eigenvalue weighted by atomic mass is 10.3. The second kappa shape index (κ2) is 14.3. The van der Waals surface area contributed by atoms with E-state index in [1.165, 1.54) is 0 Å². The van der Waals surface area contributed by atoms with Crippen LogP contribution in [0.3, 0.4) is 0 Å². The fourth-order valence-corrected chi connectivity index (χ4v) is 5.33. The predicted octanol–water partition coefficient (Wildman–Crippen LogP) is 2.69. The SMILES string of the molecule is CCOC(=O)N(CCCOCC1CO1)CCC[Si](OCC)(OCC)OCC. The van der Waals surface area contributed by atoms with Gasteiger partial charge in [-0.3, -0.25) is 0 Å². The van der Waals surface area contributed by atoms with Gasteiger partial charge in [-0.25, -0.2) is 4.79 Å². The van der Waals surface area contributed by atoms with Gasteiger partial charge < -0.3 is 32.4 Å². The van der Waals surface area contributed by atoms with Crippen LogP contribution in [-0.2, 0) is 27.5 Å². The lowest BCUT2D eigenvalue weighted by Crippen LogP contribution is -2.46. The number of carbonyl (C=O) groups is 1. The molecular weight excluding hydrogens is 370 g/mol. The largest absolute Gasteiger partial charge is 0.500 e. The topological polar surface area (TPSA) is 79.0 Å². The quantitative estimate of drug-likeness (QED) is 0.208. The molecule has 1 aliphatic heterocycles. The first-order valence-corrected chi connectivity index (χ1v) is 12.1. The Morgan fingerprint density at radius 3 is 2.11 bits per heavy atom. The van der Waals surface area contributed by atoms with E-state index in [1.807, 2.05) is 27.7 Å². The molecule has 1 amide bonds. The zero-order chi connectivity index (χ0) is 20.0. The van der Waals surface area contributed by atoms with Crippen LogP contribution in [0.25, 0.3) is 0 Å². The molecule has 1 heterocycles. The van der Waals surface area contributed by atoms with Gasteiger partial charge in [0.15, 0.2) is 0 Å². The van der Waals surface area contributed by atoms with E-state index in [0.29, 0.717) is 58.8 Å². The highest BCUT2D eigenvalue weighted by atomic mass is 28.4. The first-order valence-electron chi connectivity index (χ1n) is 10.1. The maximum atomic E-state index is 12.2. The Labute approximate surface area is 164 Å². The molecule has 0 aliphatic carbocycles. The van der Waals surface area contributed by atoms with Crippen molar-refractivity contribution < 1.29 is 32.3 Å². The van der Waals surface area contributed by atoms with Crippen LogP contribution in [0.2, 0.25) is 6.04 Å². The van der Waals surface area contributed by atoms with Crippen LogP contribution >= 0.6 is 0 Å². The zero-order valence-corrected chi connectivity index (χ0v) is 18.4. The van der Waals surface area contributed by atoms with Gasteiger partial charge >= 0.3 is 14.9 Å². The van der Waals surface area contributed by atoms with Gasteiger partial charge in [-0.2, -0.15) is 0 Å². The van der Waals surface area contributed by atoms with E-state index in [0.717, 1.165) is 19.4 Å². The van der Waals surface area contributed by atoms with E-state index in [4.69, 9.17) is 27.5 Å². The van der Waals surface area contributed by atoms with Crippen molar-refractivity contribution in [2.24, 2.45) is 0 Å². The van der Waals surface area contributed by atoms with Crippen molar-refractivity contribution in [2.45, 2.75) is 52.7 Å². The van der Waals surface area contributed by atoms with Crippen LogP contribution < -0.4 is 0 Å². The molecule has 1 atom stereocenters. The molecule has 1 unspecified atom stereocenters. The minimum Gasteiger partial charge on any atom is -0.450 e. The van der Waals surface area contributed by atoms with Crippen LogP contribution in [0.4, 0.5) is 4.79 Å². The van der Waals surface area contributed by atoms with Crippen molar-refractivity contribution in [1.82, 2.24) is 4.90 Å². The molecule has 1 saturated heterocycles. The Morgan fingerprint density at radius 1 is 1.00 bits per heavy atom. The lowest BCUT2D eigenvalue weighted by Gasteiger charge is -2.29. The zero-order valence-electron chi connectivity index (χ0n) is 17.4. The fourth-order valence-electron chi connectivity index (χ4n) is 2.73. The summed E-state index contributed by atoms with van der Waals surface area (Å²) < 4.78 is 33.4. The summed E-state index contributed by atoms with van der Waals surface area (Å²) in [4.78, 5) is 13.9. The molecule has 160 valence electrons. The van der Waals surface area contributed by atoms with E-state index in [-0.39, 0.29) is 12.2 Å². The molecule has 1 fully saturated rings. The molecule has 27 heavy (non-hydrogen) atoms. The van der Waals surface area contributed by atoms with E-state index in [2.05, 4.69) is 0 Å². The predicted molar refractivity (Wildman–Crippen MR) is 104 cm³/mol. The highest BCUT2D eigenvalue weighted by Gasteiger charge is 2.39. The van der Waals surface area contributed by atoms with Gasteiger partial charge in [0, 0.05) is 45.6 Å². The number of nitrogens with zero attached hydrogens (tertiary/aromatic N) is 1. The lowest BCUT2D eigenvalue weighted by molar-refractivity contribution is 0.0677. The Bertz CT molecular complexity index is 379. The van der Waals surface area contributed by atoms with Crippen molar-refractivity contribution in [1.29, 1.82) is 0 Å². The van der Waals surface area contributed by atoms with Gasteiger partial charge in [-0.15, -0.1) is 0 Å². The van der Waals surface area contributed by atoms with Crippen LogP contribution in [0.1, 0.15) is 40.5 Å². The number of ether oxygens (including phenoxy) is 3. The monoisotopic (exact) mass is 407 g/mol. The Balaban J connectivity index is 2.44. The molecule has 0 N–H and O–H groups in total. The van der Waals surface area contributed by atoms with Crippen LogP contribution in [0.5, 0.6) is 0 Å². The number of hydrogen-bond donors (Lipinski definition) is 0. The summed E-state index contributed by atoms with van der Waals surface area (Å²) in [5, 5.41) is 0. The fraction of sp³-hybridized carbons (Fsp3) is 0.944. The van der Waals surface area contributed by atoms with Crippen LogP contribution in [-0.4, -0.2) is 85.2 Å². The molecule has 1 aliphatic rings. The third kappa shape index (κ3) is 10.4. The Hall–Kier alpha value is -0.713. The summed E-state index contributed by atoms with van der Waals surface area (Å²) in [5.74, 6) is 0. The minimum atomic E-state index is -2.68. The van der Waals surface area contributed by atoms with Gasteiger partial charge in [0.1, 0.15) is 6.10 Å². The van der Waals surface area contributed by atoms with E-state index < -0.39 is 8.80 Å². The standard InChI is InChI=1S/C18H37NO7Si/c1-5-22-18(20)19(11-9-13-21-15-17-16-23-17)12-10-14-27(24-6-2,25-7-3)26-8-4/h17H,5-16H2,1-4H3. The number of hydrogen-bond acceptors (Lipinski definition) is 7. The van der Waals surface area contributed by atoms with Gasteiger partial charge in [0.2, 0.25) is 0 Å². The second-order valence-corrected chi connectivity index (χ2v) is 8.89. The third-order valence-electron chi connectivity index (χ3n) is 3.95. The van der Waals surface area contributed by atoms with Crippen molar-refractivity contribution in [3.8, 4) is 0 Å². The van der Waals surface area contributed by atoms with Crippen molar-refractivity contribution in [3.63, 3.8) is 0 Å². The van der Waals surface area contributed by atoms with Crippen molar-refractivity contribution in [2.75, 3.05) is 59.3 Å². The molecule has 0 saturated carbocycles. The summed E-state index contributed by atoms with van der Waals surface area (Å²) in [5.41, 5.74) is 0. The first-order chi connectivity index (χ1) is 13.1. The van der Waals surface area contributed by atoms with Gasteiger partial charge in [0.05, 0.1) is 19.8 Å². The summed E-state index contributed by atoms with van der Waals surface area (Å²) in [6.45, 7) is 12.8. The Kier molecular flexibility index (Phi) is 12.9. The molecule has 0 aromatic carbocycles. The van der Waals surface area contributed by atoms with Gasteiger partial charge in [-0.05, 0) is 40.5 Å². The highest BCUT2D eigenvalue weighted by Crippen LogP contribution is 2.19. The number of epoxide rings is 1. The number of carbonyl (C=O) groups excluding carboxylic acids is 1. The first kappa shape index (κ1) is 24.3. The molecule has 0 spiro atoms. The summed E-state index contributed by atoms with van der Waals surface area (Å²) in [7, 11) is -2.68. The van der Waals surface area contributed by atoms with Crippen molar-refractivity contribution in [3.05, 3.63) is 0 Å². The molecule has 0 aromatic rings. The molecule has 1 rings (SSSR count). The van der Waals surface area contributed by atoms with Crippen molar-refractivity contribution >= 4 is 14.9 Å². The van der Waals surface area contributed by atoms with Crippen LogP contribution in [0, 0.1) is 0 Å². The summed E-state index contributed by atoms with van der Waals surface area (Å²) in [6, 6.07) is 0.675. The average molecular weight is 408 g/mol. The molecule has 8 nitrogen and oxygen atoms in total. The average Bonchev–Trinajstić information content (AvgIpc) is 3.45. The number of rotatable bonds is 17. The van der Waals surface area contributed by atoms with Gasteiger partial charge in [-0.1, -0.05) is 0 Å². The summed E-state index contributed by atoms with van der Waals surface area (Å²) in [6.07, 6.45) is 1.47. The van der Waals surface area contributed by atoms with E-state index in [9.17, 15) is 4.79 Å². The molecule has 9 heteroatoms. The van der Waals surface area contributed by atoms with Gasteiger partial charge in [0.25, 0.3) is 0 Å².